The zero-order chi connectivity index (χ0) is 18.4. The number of amides is 2. The number of nitrogens with one attached hydrogen (secondary N) is 3. The highest BCUT2D eigenvalue weighted by Gasteiger charge is 2.43. The molecular weight excluding hydrogens is 373 g/mol. The van der Waals surface area contributed by atoms with Gasteiger partial charge in [-0.2, -0.15) is 13.2 Å². The molecule has 1 aliphatic heterocycles. The highest BCUT2D eigenvalue weighted by atomic mass is 35.5. The molecule has 2 rings (SSSR count). The largest absolute Gasteiger partial charge is 0.405 e. The molecule has 1 aromatic rings. The van der Waals surface area contributed by atoms with Crippen LogP contribution in [0, 0.1) is 0 Å². The van der Waals surface area contributed by atoms with Gasteiger partial charge in [0.15, 0.2) is 0 Å². The van der Waals surface area contributed by atoms with Gasteiger partial charge in [-0.3, -0.25) is 14.5 Å². The Hall–Kier alpha value is -1.84. The molecule has 0 bridgehead atoms. The number of piperazine rings is 1. The van der Waals surface area contributed by atoms with Crippen LogP contribution in [-0.4, -0.2) is 61.7 Å². The highest BCUT2D eigenvalue weighted by Crippen LogP contribution is 2.25. The van der Waals surface area contributed by atoms with Crippen LogP contribution in [0.3, 0.4) is 0 Å². The van der Waals surface area contributed by atoms with Gasteiger partial charge in [0.05, 0.1) is 0 Å². The lowest BCUT2D eigenvalue weighted by Gasteiger charge is -2.35. The molecule has 1 aromatic carbocycles. The molecule has 146 valence electrons. The molecule has 0 radical (unpaired) electrons. The summed E-state index contributed by atoms with van der Waals surface area (Å²) in [4.78, 5) is 24.5. The summed E-state index contributed by atoms with van der Waals surface area (Å²) in [6.07, 6.45) is -4.43. The van der Waals surface area contributed by atoms with Crippen LogP contribution in [0.2, 0.25) is 0 Å². The van der Waals surface area contributed by atoms with E-state index in [2.05, 4.69) is 16.0 Å². The third-order valence-corrected chi connectivity index (χ3v) is 3.87. The van der Waals surface area contributed by atoms with Crippen molar-refractivity contribution in [3.8, 4) is 0 Å². The summed E-state index contributed by atoms with van der Waals surface area (Å²) in [7, 11) is 0. The highest BCUT2D eigenvalue weighted by molar-refractivity contribution is 5.96. The van der Waals surface area contributed by atoms with Crippen molar-refractivity contribution in [3.05, 3.63) is 29.8 Å². The number of benzene rings is 1. The Morgan fingerprint density at radius 3 is 2.50 bits per heavy atom. The van der Waals surface area contributed by atoms with Crippen LogP contribution in [0.1, 0.15) is 17.3 Å². The molecule has 1 fully saturated rings. The number of rotatable bonds is 5. The number of hydrogen-bond acceptors (Lipinski definition) is 4. The number of hydrogen-bond donors (Lipinski definition) is 3. The van der Waals surface area contributed by atoms with Gasteiger partial charge < -0.3 is 16.0 Å². The van der Waals surface area contributed by atoms with Crippen molar-refractivity contribution in [2.75, 3.05) is 38.0 Å². The van der Waals surface area contributed by atoms with E-state index in [1.54, 1.807) is 12.1 Å². The van der Waals surface area contributed by atoms with Gasteiger partial charge >= 0.3 is 6.18 Å². The molecule has 3 N–H and O–H groups in total. The second-order valence-electron chi connectivity index (χ2n) is 5.82. The smallest absolute Gasteiger partial charge is 0.350 e. The van der Waals surface area contributed by atoms with Gasteiger partial charge in [0.25, 0.3) is 5.91 Å². The summed E-state index contributed by atoms with van der Waals surface area (Å²) in [6, 6.07) is 4.32. The van der Waals surface area contributed by atoms with E-state index in [9.17, 15) is 22.8 Å². The van der Waals surface area contributed by atoms with E-state index in [0.717, 1.165) is 0 Å². The fraction of sp³-hybridized carbons (Fsp3) is 0.500. The van der Waals surface area contributed by atoms with Crippen molar-refractivity contribution in [2.45, 2.75) is 19.1 Å². The standard InChI is InChI=1S/C16H21F3N4O2.ClH/c1-11(24)22-13-4-2-3-12(9-13)15(25)21-10-14(16(17,18)19)23-7-5-20-6-8-23;/h2-4,9,14,20H,5-8,10H2,1H3,(H,21,25)(H,22,24);1H. The lowest BCUT2D eigenvalue weighted by molar-refractivity contribution is -0.183. The first-order chi connectivity index (χ1) is 11.8. The van der Waals surface area contributed by atoms with Crippen LogP contribution in [0.5, 0.6) is 0 Å². The lowest BCUT2D eigenvalue weighted by Crippen LogP contribution is -2.57. The van der Waals surface area contributed by atoms with Gasteiger partial charge in [-0.05, 0) is 18.2 Å². The third-order valence-electron chi connectivity index (χ3n) is 3.87. The molecule has 0 saturated carbocycles. The Labute approximate surface area is 155 Å². The van der Waals surface area contributed by atoms with Crippen molar-refractivity contribution >= 4 is 29.9 Å². The van der Waals surface area contributed by atoms with E-state index in [1.807, 2.05) is 0 Å². The van der Waals surface area contributed by atoms with Crippen LogP contribution >= 0.6 is 12.4 Å². The predicted molar refractivity (Wildman–Crippen MR) is 94.6 cm³/mol. The predicted octanol–water partition coefficient (Wildman–Crippen LogP) is 1.63. The van der Waals surface area contributed by atoms with E-state index in [4.69, 9.17) is 0 Å². The molecule has 2 amide bonds. The topological polar surface area (TPSA) is 73.5 Å². The molecule has 6 nitrogen and oxygen atoms in total. The quantitative estimate of drug-likeness (QED) is 0.709. The minimum Gasteiger partial charge on any atom is -0.350 e. The Balaban J connectivity index is 0.00000338. The summed E-state index contributed by atoms with van der Waals surface area (Å²) in [5, 5.41) is 7.88. The number of halogens is 4. The van der Waals surface area contributed by atoms with Crippen LogP contribution in [0.25, 0.3) is 0 Å². The summed E-state index contributed by atoms with van der Waals surface area (Å²) < 4.78 is 39.9. The number of carbonyl (C=O) groups is 2. The molecule has 1 atom stereocenters. The molecule has 26 heavy (non-hydrogen) atoms. The average Bonchev–Trinajstić information content (AvgIpc) is 2.54. The summed E-state index contributed by atoms with van der Waals surface area (Å²) in [5.41, 5.74) is 0.599. The lowest BCUT2D eigenvalue weighted by atomic mass is 10.1. The van der Waals surface area contributed by atoms with Crippen LogP contribution in [-0.2, 0) is 4.79 Å². The van der Waals surface area contributed by atoms with Crippen LogP contribution in [0.4, 0.5) is 18.9 Å². The maximum atomic E-state index is 13.3. The zero-order valence-corrected chi connectivity index (χ0v) is 15.0. The molecule has 1 unspecified atom stereocenters. The number of carbonyl (C=O) groups excluding carboxylic acids is 2. The minimum absolute atomic E-state index is 0. The summed E-state index contributed by atoms with van der Waals surface area (Å²) in [6.45, 7) is 2.33. The normalized spacial score (nSPS) is 16.3. The number of alkyl halides is 3. The summed E-state index contributed by atoms with van der Waals surface area (Å²) >= 11 is 0. The first kappa shape index (κ1) is 22.2. The van der Waals surface area contributed by atoms with Gasteiger partial charge in [0, 0.05) is 50.9 Å². The first-order valence-electron chi connectivity index (χ1n) is 7.94. The van der Waals surface area contributed by atoms with Gasteiger partial charge in [-0.15, -0.1) is 12.4 Å². The Morgan fingerprint density at radius 1 is 1.27 bits per heavy atom. The van der Waals surface area contributed by atoms with Crippen molar-refractivity contribution in [2.24, 2.45) is 0 Å². The molecule has 0 aromatic heterocycles. The summed E-state index contributed by atoms with van der Waals surface area (Å²) in [5.74, 6) is -0.912. The van der Waals surface area contributed by atoms with Crippen molar-refractivity contribution in [1.29, 1.82) is 0 Å². The maximum absolute atomic E-state index is 13.3. The van der Waals surface area contributed by atoms with Crippen molar-refractivity contribution in [3.63, 3.8) is 0 Å². The SMILES string of the molecule is CC(=O)Nc1cccc(C(=O)NCC(N2CCNCC2)C(F)(F)F)c1.Cl. The molecular formula is C16H22ClF3N4O2. The molecule has 1 heterocycles. The molecule has 10 heteroatoms. The zero-order valence-electron chi connectivity index (χ0n) is 14.2. The first-order valence-corrected chi connectivity index (χ1v) is 7.94. The fourth-order valence-corrected chi connectivity index (χ4v) is 2.68. The molecule has 0 aliphatic carbocycles. The van der Waals surface area contributed by atoms with Gasteiger partial charge in [0.2, 0.25) is 5.91 Å². The molecule has 1 aliphatic rings. The maximum Gasteiger partial charge on any atom is 0.405 e. The van der Waals surface area contributed by atoms with Gasteiger partial charge in [0.1, 0.15) is 6.04 Å². The number of anilines is 1. The average molecular weight is 395 g/mol. The number of nitrogens with zero attached hydrogens (tertiary/aromatic N) is 1. The van der Waals surface area contributed by atoms with Crippen molar-refractivity contribution < 1.29 is 22.8 Å². The minimum atomic E-state index is -4.43. The molecule has 0 spiro atoms. The third kappa shape index (κ3) is 6.47. The van der Waals surface area contributed by atoms with Crippen LogP contribution in [0.15, 0.2) is 24.3 Å². The van der Waals surface area contributed by atoms with E-state index in [-0.39, 0.29) is 37.0 Å². The van der Waals surface area contributed by atoms with E-state index >= 15 is 0 Å². The Kier molecular flexibility index (Phi) is 8.32. The Morgan fingerprint density at radius 2 is 1.92 bits per heavy atom. The second-order valence-corrected chi connectivity index (χ2v) is 5.82. The van der Waals surface area contributed by atoms with Crippen molar-refractivity contribution in [1.82, 2.24) is 15.5 Å². The monoisotopic (exact) mass is 394 g/mol. The van der Waals surface area contributed by atoms with Gasteiger partial charge in [-0.25, -0.2) is 0 Å². The second kappa shape index (κ2) is 9.75. The van der Waals surface area contributed by atoms with E-state index in [1.165, 1.54) is 24.0 Å². The van der Waals surface area contributed by atoms with Gasteiger partial charge in [-0.1, -0.05) is 6.07 Å². The van der Waals surface area contributed by atoms with E-state index < -0.39 is 24.7 Å². The molecule has 1 saturated heterocycles. The Bertz CT molecular complexity index is 622. The fourth-order valence-electron chi connectivity index (χ4n) is 2.68. The van der Waals surface area contributed by atoms with E-state index in [0.29, 0.717) is 18.8 Å². The van der Waals surface area contributed by atoms with Crippen LogP contribution < -0.4 is 16.0 Å².